The summed E-state index contributed by atoms with van der Waals surface area (Å²) in [6.45, 7) is 5.92. The first-order valence-electron chi connectivity index (χ1n) is 13.0. The molecule has 0 spiro atoms. The smallest absolute Gasteiger partial charge is 0.307 e. The van der Waals surface area contributed by atoms with E-state index >= 15 is 0 Å². The molecule has 0 saturated heterocycles. The van der Waals surface area contributed by atoms with E-state index in [4.69, 9.17) is 9.47 Å². The van der Waals surface area contributed by atoms with E-state index in [0.717, 1.165) is 11.1 Å². The zero-order valence-electron chi connectivity index (χ0n) is 23.0. The quantitative estimate of drug-likeness (QED) is 0.0947. The van der Waals surface area contributed by atoms with Crippen LogP contribution in [0, 0.1) is 17.0 Å². The predicted molar refractivity (Wildman–Crippen MR) is 166 cm³/mol. The van der Waals surface area contributed by atoms with Crippen LogP contribution in [0.4, 0.5) is 5.69 Å². The summed E-state index contributed by atoms with van der Waals surface area (Å²) < 4.78 is 13.6. The maximum absolute atomic E-state index is 13.9. The van der Waals surface area contributed by atoms with Gasteiger partial charge in [-0.1, -0.05) is 49.7 Å². The number of nitro groups is 1. The van der Waals surface area contributed by atoms with Gasteiger partial charge in [0.2, 0.25) is 0 Å². The van der Waals surface area contributed by atoms with Gasteiger partial charge in [0.25, 0.3) is 5.69 Å². The van der Waals surface area contributed by atoms with Crippen molar-refractivity contribution in [1.29, 1.82) is 0 Å². The maximum atomic E-state index is 13.9. The van der Waals surface area contributed by atoms with Gasteiger partial charge in [0.15, 0.2) is 11.5 Å². The number of ether oxygens (including phenoxy) is 2. The van der Waals surface area contributed by atoms with Crippen molar-refractivity contribution in [1.82, 2.24) is 0 Å². The van der Waals surface area contributed by atoms with Crippen LogP contribution in [-0.4, -0.2) is 21.8 Å². The number of aliphatic carboxylic acids is 1. The Balaban J connectivity index is 1.80. The van der Waals surface area contributed by atoms with Crippen molar-refractivity contribution in [2.24, 2.45) is 0 Å². The molecule has 0 heterocycles. The number of ketones is 1. The Labute approximate surface area is 259 Å². The molecule has 4 aromatic carbocycles. The van der Waals surface area contributed by atoms with Crippen LogP contribution in [-0.2, 0) is 17.8 Å². The minimum absolute atomic E-state index is 0.0274. The van der Waals surface area contributed by atoms with E-state index in [-0.39, 0.29) is 36.0 Å². The van der Waals surface area contributed by atoms with Gasteiger partial charge >= 0.3 is 5.97 Å². The van der Waals surface area contributed by atoms with Gasteiger partial charge in [-0.05, 0) is 86.2 Å². The van der Waals surface area contributed by atoms with Gasteiger partial charge in [-0.15, -0.1) is 0 Å². The lowest BCUT2D eigenvalue weighted by Crippen LogP contribution is -2.08. The number of benzene rings is 4. The number of carbonyl (C=O) groups excluding carboxylic acids is 1. The Morgan fingerprint density at radius 2 is 1.62 bits per heavy atom. The molecule has 0 bridgehead atoms. The van der Waals surface area contributed by atoms with Crippen LogP contribution in [0.25, 0.3) is 0 Å². The second kappa shape index (κ2) is 13.3. The lowest BCUT2D eigenvalue weighted by atomic mass is 9.95. The highest BCUT2D eigenvalue weighted by Gasteiger charge is 2.23. The normalized spacial score (nSPS) is 10.9. The molecule has 4 rings (SSSR count). The number of hydrogen-bond donors (Lipinski definition) is 1. The van der Waals surface area contributed by atoms with E-state index in [2.05, 4.69) is 31.9 Å². The summed E-state index contributed by atoms with van der Waals surface area (Å²) in [5, 5.41) is 20.4. The van der Waals surface area contributed by atoms with Gasteiger partial charge in [-0.25, -0.2) is 0 Å². The fourth-order valence-corrected chi connectivity index (χ4v) is 5.82. The molecular weight excluding hydrogens is 670 g/mol. The van der Waals surface area contributed by atoms with E-state index in [1.165, 1.54) is 12.1 Å². The number of non-ortho nitro benzene ring substituents is 1. The average molecular weight is 697 g/mol. The van der Waals surface area contributed by atoms with Crippen molar-refractivity contribution in [3.8, 4) is 17.2 Å². The van der Waals surface area contributed by atoms with Gasteiger partial charge in [-0.3, -0.25) is 19.7 Å². The van der Waals surface area contributed by atoms with Crippen LogP contribution in [0.2, 0.25) is 0 Å². The van der Waals surface area contributed by atoms with Crippen LogP contribution >= 0.6 is 31.9 Å². The first kappa shape index (κ1) is 30.9. The number of hydrogen-bond acceptors (Lipinski definition) is 6. The number of carboxylic acid groups (broad SMARTS) is 1. The van der Waals surface area contributed by atoms with Crippen LogP contribution in [0.5, 0.6) is 17.2 Å². The highest BCUT2D eigenvalue weighted by atomic mass is 79.9. The lowest BCUT2D eigenvalue weighted by Gasteiger charge is -2.20. The zero-order chi connectivity index (χ0) is 30.6. The first-order valence-corrected chi connectivity index (χ1v) is 14.5. The van der Waals surface area contributed by atoms with Gasteiger partial charge < -0.3 is 14.6 Å². The average Bonchev–Trinajstić information content (AvgIpc) is 2.93. The van der Waals surface area contributed by atoms with Crippen molar-refractivity contribution in [3.63, 3.8) is 0 Å². The number of rotatable bonds is 11. The SMILES string of the molecule is Cc1cccc(C(=O)c2cc(OCc3cccc([N+](=O)[O-])c3)c(C(C)C)cc2Oc2c(Br)cc(CC(=O)O)cc2Br)c1. The highest BCUT2D eigenvalue weighted by molar-refractivity contribution is 9.11. The largest absolute Gasteiger partial charge is 0.489 e. The number of aryl methyl sites for hydroxylation is 1. The molecule has 0 aliphatic carbocycles. The Kier molecular flexibility index (Phi) is 9.80. The Bertz CT molecular complexity index is 1660. The second-order valence-corrected chi connectivity index (χ2v) is 11.7. The molecule has 8 nitrogen and oxygen atoms in total. The van der Waals surface area contributed by atoms with Gasteiger partial charge in [0, 0.05) is 23.3 Å². The third-order valence-corrected chi connectivity index (χ3v) is 7.58. The van der Waals surface area contributed by atoms with Crippen LogP contribution < -0.4 is 9.47 Å². The third-order valence-electron chi connectivity index (χ3n) is 6.40. The third kappa shape index (κ3) is 7.43. The van der Waals surface area contributed by atoms with Gasteiger partial charge in [0.1, 0.15) is 18.1 Å². The molecular formula is C32H27Br2NO7. The van der Waals surface area contributed by atoms with E-state index < -0.39 is 10.9 Å². The number of nitrogens with zero attached hydrogens (tertiary/aromatic N) is 1. The molecule has 0 saturated carbocycles. The first-order chi connectivity index (χ1) is 19.9. The molecule has 1 N–H and O–H groups in total. The molecule has 0 radical (unpaired) electrons. The summed E-state index contributed by atoms with van der Waals surface area (Å²) in [4.78, 5) is 35.9. The number of carbonyl (C=O) groups is 2. The molecule has 0 amide bonds. The van der Waals surface area contributed by atoms with Gasteiger partial charge in [0.05, 0.1) is 25.9 Å². The van der Waals surface area contributed by atoms with Gasteiger partial charge in [-0.2, -0.15) is 0 Å². The molecule has 4 aromatic rings. The summed E-state index contributed by atoms with van der Waals surface area (Å²) in [6.07, 6.45) is -0.164. The minimum Gasteiger partial charge on any atom is -0.489 e. The van der Waals surface area contributed by atoms with E-state index in [9.17, 15) is 24.8 Å². The number of nitro benzene ring substituents is 1. The van der Waals surface area contributed by atoms with E-state index in [1.54, 1.807) is 54.6 Å². The summed E-state index contributed by atoms with van der Waals surface area (Å²) in [7, 11) is 0. The topological polar surface area (TPSA) is 116 Å². The van der Waals surface area contributed by atoms with Crippen molar-refractivity contribution >= 4 is 49.3 Å². The molecule has 42 heavy (non-hydrogen) atoms. The van der Waals surface area contributed by atoms with Crippen LogP contribution in [0.1, 0.15) is 57.9 Å². The molecule has 216 valence electrons. The van der Waals surface area contributed by atoms with Crippen LogP contribution in [0.15, 0.2) is 81.7 Å². The number of halogens is 2. The van der Waals surface area contributed by atoms with Crippen LogP contribution in [0.3, 0.4) is 0 Å². The summed E-state index contributed by atoms with van der Waals surface area (Å²) >= 11 is 6.97. The summed E-state index contributed by atoms with van der Waals surface area (Å²) in [5.41, 5.74) is 3.56. The molecule has 0 aliphatic rings. The molecule has 0 atom stereocenters. The second-order valence-electron chi connectivity index (χ2n) is 10.0. The molecule has 0 aliphatic heterocycles. The van der Waals surface area contributed by atoms with Crippen molar-refractivity contribution in [3.05, 3.63) is 125 Å². The Hall–Kier alpha value is -4.02. The molecule has 0 aromatic heterocycles. The maximum Gasteiger partial charge on any atom is 0.307 e. The van der Waals surface area contributed by atoms with Crippen molar-refractivity contribution < 1.29 is 29.1 Å². The molecule has 10 heteroatoms. The highest BCUT2D eigenvalue weighted by Crippen LogP contribution is 2.42. The lowest BCUT2D eigenvalue weighted by molar-refractivity contribution is -0.384. The molecule has 0 unspecified atom stereocenters. The monoisotopic (exact) mass is 695 g/mol. The van der Waals surface area contributed by atoms with Crippen molar-refractivity contribution in [2.75, 3.05) is 0 Å². The fourth-order valence-electron chi connectivity index (χ4n) is 4.37. The Morgan fingerprint density at radius 1 is 0.929 bits per heavy atom. The summed E-state index contributed by atoms with van der Waals surface area (Å²) in [5.74, 6) is -0.146. The standard InChI is InChI=1S/C32H27Br2NO7/c1-18(2)24-15-29(42-32-26(33)12-21(13-27(32)34)14-30(36)37)25(31(38)22-8-4-6-19(3)10-22)16-28(24)41-17-20-7-5-9-23(11-20)35(39)40/h4-13,15-16,18H,14,17H2,1-3H3,(H,36,37). The predicted octanol–water partition coefficient (Wildman–Crippen LogP) is 8.78. The minimum atomic E-state index is -0.962. The zero-order valence-corrected chi connectivity index (χ0v) is 26.2. The molecule has 0 fully saturated rings. The fraction of sp³-hybridized carbons (Fsp3) is 0.188. The van der Waals surface area contributed by atoms with E-state index in [0.29, 0.717) is 42.9 Å². The van der Waals surface area contributed by atoms with Crippen molar-refractivity contribution in [2.45, 2.75) is 39.7 Å². The number of carboxylic acids is 1. The summed E-state index contributed by atoms with van der Waals surface area (Å²) in [6, 6.07) is 20.2. The van der Waals surface area contributed by atoms with E-state index in [1.807, 2.05) is 26.8 Å². The Morgan fingerprint density at radius 3 is 2.24 bits per heavy atom.